The van der Waals surface area contributed by atoms with Crippen LogP contribution < -0.4 is 5.69 Å². The number of likely N-dealkylation sites (tertiary alicyclic amines) is 1. The van der Waals surface area contributed by atoms with Gasteiger partial charge in [-0.2, -0.15) is 0 Å². The number of carbonyl (C=O) groups excluding carboxylic acids is 1. The van der Waals surface area contributed by atoms with Crippen LogP contribution in [-0.4, -0.2) is 62.6 Å². The van der Waals surface area contributed by atoms with Crippen LogP contribution in [0.15, 0.2) is 64.8 Å². The molecule has 1 N–H and O–H groups in total. The van der Waals surface area contributed by atoms with E-state index in [0.29, 0.717) is 62.1 Å². The summed E-state index contributed by atoms with van der Waals surface area (Å²) in [4.78, 5) is 41.5. The lowest BCUT2D eigenvalue weighted by atomic mass is 9.76. The molecule has 3 aliphatic rings. The lowest BCUT2D eigenvalue weighted by Gasteiger charge is -2.36. The van der Waals surface area contributed by atoms with Gasteiger partial charge >= 0.3 is 11.8 Å². The van der Waals surface area contributed by atoms with E-state index in [4.69, 9.17) is 4.74 Å². The van der Waals surface area contributed by atoms with Crippen molar-refractivity contribution in [2.45, 2.75) is 57.2 Å². The maximum atomic E-state index is 15.3. The van der Waals surface area contributed by atoms with Crippen LogP contribution in [0.3, 0.4) is 0 Å². The van der Waals surface area contributed by atoms with E-state index in [2.05, 4.69) is 15.0 Å². The Kier molecular flexibility index (Phi) is 7.69. The number of aromatic nitrogens is 4. The summed E-state index contributed by atoms with van der Waals surface area (Å²) in [6.07, 6.45) is 6.18. The SMILES string of the molecule is CC1CC=C(F)C(F)=C1C1CCC(OC(=O)N2CCC(n3c(=O)[nH]c4ncccc43)CC2)c2ncccc2C1N(C)C. The minimum atomic E-state index is -0.797. The molecule has 4 heterocycles. The van der Waals surface area contributed by atoms with Crippen LogP contribution >= 0.6 is 0 Å². The molecule has 1 amide bonds. The molecule has 9 nitrogen and oxygen atoms in total. The van der Waals surface area contributed by atoms with Crippen molar-refractivity contribution in [2.75, 3.05) is 27.2 Å². The number of hydrogen-bond acceptors (Lipinski definition) is 6. The zero-order chi connectivity index (χ0) is 29.5. The average Bonchev–Trinajstić information content (AvgIpc) is 3.23. The molecule has 0 saturated carbocycles. The molecule has 1 saturated heterocycles. The minimum absolute atomic E-state index is 0.0588. The first kappa shape index (κ1) is 28.3. The topological polar surface area (TPSA) is 96.3 Å². The Labute approximate surface area is 242 Å². The number of aromatic amines is 1. The number of carbonyl (C=O) groups is 1. The number of rotatable bonds is 4. The molecular formula is C31H36F2N6O3. The zero-order valence-electron chi connectivity index (χ0n) is 24.1. The van der Waals surface area contributed by atoms with E-state index in [1.54, 1.807) is 27.9 Å². The minimum Gasteiger partial charge on any atom is -0.440 e. The molecule has 0 radical (unpaired) electrons. The first-order valence-electron chi connectivity index (χ1n) is 14.6. The maximum absolute atomic E-state index is 15.3. The Bertz CT molecular complexity index is 1600. The predicted molar refractivity (Wildman–Crippen MR) is 154 cm³/mol. The zero-order valence-corrected chi connectivity index (χ0v) is 24.1. The molecule has 0 spiro atoms. The van der Waals surface area contributed by atoms with Crippen molar-refractivity contribution in [3.63, 3.8) is 0 Å². The molecule has 11 heteroatoms. The van der Waals surface area contributed by atoms with Crippen LogP contribution in [0.2, 0.25) is 0 Å². The van der Waals surface area contributed by atoms with Crippen molar-refractivity contribution in [1.29, 1.82) is 0 Å². The highest BCUT2D eigenvalue weighted by atomic mass is 19.2. The summed E-state index contributed by atoms with van der Waals surface area (Å²) in [5.74, 6) is -2.01. The van der Waals surface area contributed by atoms with Gasteiger partial charge in [0.25, 0.3) is 0 Å². The van der Waals surface area contributed by atoms with Gasteiger partial charge in [-0.05, 0) is 87.5 Å². The third-order valence-electron chi connectivity index (χ3n) is 9.04. The smallest absolute Gasteiger partial charge is 0.410 e. The lowest BCUT2D eigenvalue weighted by Crippen LogP contribution is -2.41. The van der Waals surface area contributed by atoms with Crippen LogP contribution in [0.5, 0.6) is 0 Å². The van der Waals surface area contributed by atoms with E-state index in [0.717, 1.165) is 11.1 Å². The highest BCUT2D eigenvalue weighted by Crippen LogP contribution is 2.49. The van der Waals surface area contributed by atoms with E-state index in [9.17, 15) is 14.0 Å². The van der Waals surface area contributed by atoms with E-state index in [1.807, 2.05) is 44.1 Å². The quantitative estimate of drug-likeness (QED) is 0.396. The first-order valence-corrected chi connectivity index (χ1v) is 14.6. The fourth-order valence-electron chi connectivity index (χ4n) is 7.07. The van der Waals surface area contributed by atoms with Crippen molar-refractivity contribution in [1.82, 2.24) is 29.3 Å². The first-order chi connectivity index (χ1) is 20.2. The molecule has 4 unspecified atom stereocenters. The number of ether oxygens (including phenoxy) is 1. The van der Waals surface area contributed by atoms with Gasteiger partial charge in [-0.3, -0.25) is 14.5 Å². The molecular weight excluding hydrogens is 542 g/mol. The standard InChI is InChI=1S/C31H36F2N6O3/c1-18-8-10-22(32)26(33)25(18)20-9-11-24(27-21(6-4-14-34-27)28(20)37(2)3)42-31(41)38-16-12-19(13-17-38)39-23-7-5-15-35-29(23)36-30(39)40/h4-7,10,14-15,18-20,24,28H,8-9,11-13,16-17H2,1-3H3,(H,35,36,40). The molecule has 3 aromatic rings. The van der Waals surface area contributed by atoms with Crippen LogP contribution in [0, 0.1) is 11.8 Å². The summed E-state index contributed by atoms with van der Waals surface area (Å²) in [6.45, 7) is 2.81. The number of imidazole rings is 1. The number of halogens is 2. The van der Waals surface area contributed by atoms with E-state index >= 15 is 4.39 Å². The van der Waals surface area contributed by atoms with Crippen molar-refractivity contribution < 1.29 is 18.3 Å². The van der Waals surface area contributed by atoms with Gasteiger partial charge in [-0.1, -0.05) is 13.0 Å². The number of nitrogens with one attached hydrogen (secondary N) is 1. The molecule has 0 aromatic carbocycles. The molecule has 42 heavy (non-hydrogen) atoms. The molecule has 1 aliphatic heterocycles. The fourth-order valence-corrected chi connectivity index (χ4v) is 7.07. The monoisotopic (exact) mass is 578 g/mol. The summed E-state index contributed by atoms with van der Waals surface area (Å²) < 4.78 is 37.6. The number of piperidine rings is 1. The molecule has 6 rings (SSSR count). The molecule has 4 atom stereocenters. The summed E-state index contributed by atoms with van der Waals surface area (Å²) >= 11 is 0. The average molecular weight is 579 g/mol. The second-order valence-electron chi connectivity index (χ2n) is 11.8. The Hall–Kier alpha value is -3.86. The Morgan fingerprint density at radius 3 is 2.57 bits per heavy atom. The highest BCUT2D eigenvalue weighted by molar-refractivity contribution is 5.70. The number of H-pyrrole nitrogens is 1. The van der Waals surface area contributed by atoms with Gasteiger partial charge in [0.05, 0.1) is 11.2 Å². The maximum Gasteiger partial charge on any atom is 0.410 e. The summed E-state index contributed by atoms with van der Waals surface area (Å²) in [6, 6.07) is 7.13. The van der Waals surface area contributed by atoms with Crippen LogP contribution in [-0.2, 0) is 4.74 Å². The third kappa shape index (κ3) is 5.04. The van der Waals surface area contributed by atoms with Crippen molar-refractivity contribution in [2.24, 2.45) is 11.8 Å². The van der Waals surface area contributed by atoms with Gasteiger partial charge in [0.1, 0.15) is 6.10 Å². The second kappa shape index (κ2) is 11.4. The van der Waals surface area contributed by atoms with E-state index in [-0.39, 0.29) is 29.6 Å². The van der Waals surface area contributed by atoms with Crippen molar-refractivity contribution in [3.05, 3.63) is 81.7 Å². The summed E-state index contributed by atoms with van der Waals surface area (Å²) in [5.41, 5.74) is 3.10. The Morgan fingerprint density at radius 2 is 1.81 bits per heavy atom. The van der Waals surface area contributed by atoms with Crippen molar-refractivity contribution >= 4 is 17.3 Å². The van der Waals surface area contributed by atoms with Crippen LogP contribution in [0.1, 0.15) is 68.5 Å². The van der Waals surface area contributed by atoms with E-state index < -0.39 is 23.9 Å². The molecule has 1 fully saturated rings. The second-order valence-corrected chi connectivity index (χ2v) is 11.8. The molecule has 0 bridgehead atoms. The third-order valence-corrected chi connectivity index (χ3v) is 9.04. The molecule has 2 aliphatic carbocycles. The lowest BCUT2D eigenvalue weighted by molar-refractivity contribution is 0.0466. The Balaban J connectivity index is 1.22. The van der Waals surface area contributed by atoms with Crippen LogP contribution in [0.4, 0.5) is 13.6 Å². The largest absolute Gasteiger partial charge is 0.440 e. The number of amides is 1. The predicted octanol–water partition coefficient (Wildman–Crippen LogP) is 5.76. The Morgan fingerprint density at radius 1 is 1.07 bits per heavy atom. The number of nitrogens with zero attached hydrogens (tertiary/aromatic N) is 5. The normalized spacial score (nSPS) is 25.4. The molecule has 222 valence electrons. The van der Waals surface area contributed by atoms with Gasteiger partial charge in [-0.25, -0.2) is 23.4 Å². The highest BCUT2D eigenvalue weighted by Gasteiger charge is 2.41. The number of pyridine rings is 2. The van der Waals surface area contributed by atoms with Gasteiger partial charge in [0.15, 0.2) is 17.3 Å². The number of fused-ring (bicyclic) bond motifs is 2. The molecule has 3 aromatic heterocycles. The van der Waals surface area contributed by atoms with Gasteiger partial charge in [0, 0.05) is 43.5 Å². The van der Waals surface area contributed by atoms with Gasteiger partial charge < -0.3 is 14.5 Å². The number of hydrogen-bond donors (Lipinski definition) is 1. The summed E-state index contributed by atoms with van der Waals surface area (Å²) in [5, 5.41) is 0. The summed E-state index contributed by atoms with van der Waals surface area (Å²) in [7, 11) is 3.86. The fraction of sp³-hybridized carbons (Fsp3) is 0.484. The van der Waals surface area contributed by atoms with Gasteiger partial charge in [-0.15, -0.1) is 0 Å². The van der Waals surface area contributed by atoms with Gasteiger partial charge in [0.2, 0.25) is 0 Å². The van der Waals surface area contributed by atoms with Crippen molar-refractivity contribution in [3.8, 4) is 0 Å². The number of allylic oxidation sites excluding steroid dienone is 3. The van der Waals surface area contributed by atoms with E-state index in [1.165, 1.54) is 6.08 Å². The van der Waals surface area contributed by atoms with Crippen LogP contribution in [0.25, 0.3) is 11.2 Å².